The molecule has 5 heteroatoms. The molecule has 2 aliphatic heterocycles. The molecule has 4 atom stereocenters. The van der Waals surface area contributed by atoms with Gasteiger partial charge in [-0.2, -0.15) is 0 Å². The van der Waals surface area contributed by atoms with Crippen LogP contribution in [0.15, 0.2) is 0 Å². The van der Waals surface area contributed by atoms with E-state index in [1.807, 2.05) is 0 Å². The van der Waals surface area contributed by atoms with Crippen LogP contribution in [0.1, 0.15) is 20.3 Å². The fraction of sp³-hybridized carbons (Fsp3) is 0.923. The van der Waals surface area contributed by atoms with E-state index in [1.54, 1.807) is 0 Å². The fourth-order valence-electron chi connectivity index (χ4n) is 3.53. The van der Waals surface area contributed by atoms with Crippen LogP contribution in [-0.4, -0.2) is 60.9 Å². The Morgan fingerprint density at radius 2 is 2.28 bits per heavy atom. The first kappa shape index (κ1) is 13.8. The molecule has 2 saturated heterocycles. The number of hydrogen-bond acceptors (Lipinski definition) is 5. The lowest BCUT2D eigenvalue weighted by molar-refractivity contribution is -0.162. The molecular formula is C13H24N2O3. The van der Waals surface area contributed by atoms with Crippen molar-refractivity contribution >= 4 is 5.97 Å². The number of nitrogens with zero attached hydrogens (tertiary/aromatic N) is 1. The summed E-state index contributed by atoms with van der Waals surface area (Å²) < 4.78 is 4.66. The Morgan fingerprint density at radius 3 is 2.89 bits per heavy atom. The van der Waals surface area contributed by atoms with E-state index in [9.17, 15) is 9.90 Å². The molecule has 5 nitrogen and oxygen atoms in total. The first-order valence-electron chi connectivity index (χ1n) is 6.75. The van der Waals surface area contributed by atoms with Gasteiger partial charge in [0, 0.05) is 19.1 Å². The van der Waals surface area contributed by atoms with E-state index >= 15 is 0 Å². The normalized spacial score (nSPS) is 35.2. The zero-order valence-corrected chi connectivity index (χ0v) is 11.5. The molecule has 2 aliphatic rings. The number of ether oxygens (including phenoxy) is 1. The standard InChI is InChI=1S/C13H24N2O3/c1-4-11-10-6-14-5-9(10)7-15(11)8-13(2,17)12(16)18-3/h9-11,14,17H,4-8H2,1-3H3. The van der Waals surface area contributed by atoms with Crippen LogP contribution >= 0.6 is 0 Å². The summed E-state index contributed by atoms with van der Waals surface area (Å²) >= 11 is 0. The molecule has 0 bridgehead atoms. The second kappa shape index (κ2) is 5.15. The number of carbonyl (C=O) groups excluding carboxylic acids is 1. The lowest BCUT2D eigenvalue weighted by Crippen LogP contribution is -2.50. The van der Waals surface area contributed by atoms with E-state index in [4.69, 9.17) is 0 Å². The van der Waals surface area contributed by atoms with Crippen molar-refractivity contribution in [1.82, 2.24) is 10.2 Å². The molecule has 0 saturated carbocycles. The van der Waals surface area contributed by atoms with E-state index in [0.29, 0.717) is 24.4 Å². The Labute approximate surface area is 108 Å². The number of nitrogens with one attached hydrogen (secondary N) is 1. The van der Waals surface area contributed by atoms with Crippen molar-refractivity contribution in [2.45, 2.75) is 31.9 Å². The van der Waals surface area contributed by atoms with Gasteiger partial charge >= 0.3 is 5.97 Å². The lowest BCUT2D eigenvalue weighted by atomic mass is 9.92. The summed E-state index contributed by atoms with van der Waals surface area (Å²) in [6.45, 7) is 7.15. The van der Waals surface area contributed by atoms with Gasteiger partial charge in [0.1, 0.15) is 0 Å². The highest BCUT2D eigenvalue weighted by molar-refractivity contribution is 5.78. The maximum Gasteiger partial charge on any atom is 0.338 e. The van der Waals surface area contributed by atoms with Crippen LogP contribution in [0.2, 0.25) is 0 Å². The van der Waals surface area contributed by atoms with Gasteiger partial charge in [-0.3, -0.25) is 4.90 Å². The number of hydrogen-bond donors (Lipinski definition) is 2. The third-order valence-corrected chi connectivity index (χ3v) is 4.38. The van der Waals surface area contributed by atoms with Crippen LogP contribution in [0.3, 0.4) is 0 Å². The zero-order chi connectivity index (χ0) is 13.3. The molecular weight excluding hydrogens is 232 g/mol. The quantitative estimate of drug-likeness (QED) is 0.685. The van der Waals surface area contributed by atoms with Crippen LogP contribution in [-0.2, 0) is 9.53 Å². The summed E-state index contributed by atoms with van der Waals surface area (Å²) in [7, 11) is 1.32. The molecule has 0 amide bonds. The van der Waals surface area contributed by atoms with Crippen molar-refractivity contribution in [2.24, 2.45) is 11.8 Å². The largest absolute Gasteiger partial charge is 0.467 e. The third kappa shape index (κ3) is 2.39. The maximum absolute atomic E-state index is 11.6. The van der Waals surface area contributed by atoms with Crippen LogP contribution in [0.25, 0.3) is 0 Å². The van der Waals surface area contributed by atoms with Crippen molar-refractivity contribution in [2.75, 3.05) is 33.3 Å². The molecule has 2 N–H and O–H groups in total. The lowest BCUT2D eigenvalue weighted by Gasteiger charge is -2.32. The van der Waals surface area contributed by atoms with E-state index in [-0.39, 0.29) is 0 Å². The molecule has 2 fully saturated rings. The molecule has 2 rings (SSSR count). The van der Waals surface area contributed by atoms with E-state index in [2.05, 4.69) is 21.9 Å². The minimum Gasteiger partial charge on any atom is -0.467 e. The van der Waals surface area contributed by atoms with Crippen molar-refractivity contribution < 1.29 is 14.6 Å². The van der Waals surface area contributed by atoms with Crippen molar-refractivity contribution in [1.29, 1.82) is 0 Å². The van der Waals surface area contributed by atoms with Crippen LogP contribution in [0, 0.1) is 11.8 Å². The van der Waals surface area contributed by atoms with Crippen LogP contribution in [0.5, 0.6) is 0 Å². The molecule has 0 aromatic heterocycles. The molecule has 0 radical (unpaired) electrons. The number of methoxy groups -OCH3 is 1. The second-order valence-electron chi connectivity index (χ2n) is 5.75. The zero-order valence-electron chi connectivity index (χ0n) is 11.5. The van der Waals surface area contributed by atoms with E-state index < -0.39 is 11.6 Å². The minimum absolute atomic E-state index is 0.366. The number of aliphatic hydroxyl groups is 1. The van der Waals surface area contributed by atoms with Gasteiger partial charge in [-0.1, -0.05) is 6.92 Å². The van der Waals surface area contributed by atoms with Crippen LogP contribution < -0.4 is 5.32 Å². The highest BCUT2D eigenvalue weighted by atomic mass is 16.5. The van der Waals surface area contributed by atoms with Gasteiger partial charge in [-0.25, -0.2) is 4.79 Å². The Hall–Kier alpha value is -0.650. The molecule has 0 spiro atoms. The summed E-state index contributed by atoms with van der Waals surface area (Å²) in [6.07, 6.45) is 1.06. The van der Waals surface area contributed by atoms with Gasteiger partial charge in [-0.05, 0) is 38.3 Å². The average Bonchev–Trinajstić information content (AvgIpc) is 2.87. The average molecular weight is 256 g/mol. The number of carbonyl (C=O) groups is 1. The molecule has 0 aromatic carbocycles. The van der Waals surface area contributed by atoms with Gasteiger partial charge < -0.3 is 15.2 Å². The predicted octanol–water partition coefficient (Wildman–Crippen LogP) is -0.160. The molecule has 4 unspecified atom stereocenters. The topological polar surface area (TPSA) is 61.8 Å². The van der Waals surface area contributed by atoms with Gasteiger partial charge in [-0.15, -0.1) is 0 Å². The summed E-state index contributed by atoms with van der Waals surface area (Å²) in [5.41, 5.74) is -1.41. The first-order valence-corrected chi connectivity index (χ1v) is 6.75. The smallest absolute Gasteiger partial charge is 0.338 e. The Morgan fingerprint density at radius 1 is 1.56 bits per heavy atom. The number of fused-ring (bicyclic) bond motifs is 1. The Bertz CT molecular complexity index is 319. The SMILES string of the molecule is CCC1C2CNCC2CN1CC(C)(O)C(=O)OC. The van der Waals surface area contributed by atoms with Gasteiger partial charge in [0.25, 0.3) is 0 Å². The molecule has 104 valence electrons. The molecule has 2 heterocycles. The van der Waals surface area contributed by atoms with Gasteiger partial charge in [0.05, 0.1) is 7.11 Å². The number of rotatable bonds is 4. The van der Waals surface area contributed by atoms with Crippen molar-refractivity contribution in [3.8, 4) is 0 Å². The van der Waals surface area contributed by atoms with E-state index in [0.717, 1.165) is 26.1 Å². The summed E-state index contributed by atoms with van der Waals surface area (Å²) in [4.78, 5) is 13.8. The third-order valence-electron chi connectivity index (χ3n) is 4.38. The first-order chi connectivity index (χ1) is 8.49. The number of likely N-dealkylation sites (tertiary alicyclic amines) is 1. The van der Waals surface area contributed by atoms with Crippen molar-refractivity contribution in [3.05, 3.63) is 0 Å². The van der Waals surface area contributed by atoms with E-state index in [1.165, 1.54) is 14.0 Å². The highest BCUT2D eigenvalue weighted by Gasteiger charge is 2.46. The predicted molar refractivity (Wildman–Crippen MR) is 68.1 cm³/mol. The number of β-amino-alcohol motifs (C(OH)–C–C–N with tert-alkyl or cyclic N) is 1. The van der Waals surface area contributed by atoms with Gasteiger partial charge in [0.15, 0.2) is 5.60 Å². The van der Waals surface area contributed by atoms with Gasteiger partial charge in [0.2, 0.25) is 0 Å². The second-order valence-corrected chi connectivity index (χ2v) is 5.75. The van der Waals surface area contributed by atoms with Crippen LogP contribution in [0.4, 0.5) is 0 Å². The minimum atomic E-state index is -1.41. The number of esters is 1. The maximum atomic E-state index is 11.6. The Balaban J connectivity index is 2.03. The fourth-order valence-corrected chi connectivity index (χ4v) is 3.53. The summed E-state index contributed by atoms with van der Waals surface area (Å²) in [5.74, 6) is 0.763. The molecule has 0 aromatic rings. The van der Waals surface area contributed by atoms with Crippen molar-refractivity contribution in [3.63, 3.8) is 0 Å². The highest BCUT2D eigenvalue weighted by Crippen LogP contribution is 2.35. The molecule has 0 aliphatic carbocycles. The summed E-state index contributed by atoms with van der Waals surface area (Å²) in [5, 5.41) is 13.6. The Kier molecular flexibility index (Phi) is 3.94. The molecule has 18 heavy (non-hydrogen) atoms. The summed E-state index contributed by atoms with van der Waals surface area (Å²) in [6, 6.07) is 0.459. The monoisotopic (exact) mass is 256 g/mol.